The topological polar surface area (TPSA) is 87.1 Å². The van der Waals surface area contributed by atoms with Crippen LogP contribution in [-0.2, 0) is 6.54 Å². The molecule has 1 aromatic carbocycles. The number of hydrogen-bond donors (Lipinski definition) is 3. The van der Waals surface area contributed by atoms with Crippen molar-refractivity contribution in [3.8, 4) is 11.3 Å². The standard InChI is InChI=1S/C21H23N7S/c1-13-9-18(25-19-10-16(27-28-19)15-7-8-15)26-21(23-13)22-11-20-24-17(12-29-20)14-5-3-2-4-6-14/h2-6,9,12,15-16,27H,7-8,10-11H2,1H3,(H2,22,23,25,26,28). The predicted octanol–water partition coefficient (Wildman–Crippen LogP) is 3.83. The lowest BCUT2D eigenvalue weighted by atomic mass is 10.1. The number of aliphatic imine (C=N–C) groups is 1. The van der Waals surface area contributed by atoms with Crippen molar-refractivity contribution >= 4 is 28.9 Å². The Bertz CT molecular complexity index is 1030. The van der Waals surface area contributed by atoms with E-state index in [1.807, 2.05) is 31.2 Å². The maximum Gasteiger partial charge on any atom is 0.225 e. The van der Waals surface area contributed by atoms with Gasteiger partial charge < -0.3 is 10.7 Å². The van der Waals surface area contributed by atoms with E-state index in [0.29, 0.717) is 24.4 Å². The monoisotopic (exact) mass is 405 g/mol. The zero-order valence-corrected chi connectivity index (χ0v) is 17.0. The molecule has 8 heteroatoms. The minimum Gasteiger partial charge on any atom is -0.348 e. The van der Waals surface area contributed by atoms with Crippen LogP contribution >= 0.6 is 11.3 Å². The van der Waals surface area contributed by atoms with Crippen LogP contribution in [-0.4, -0.2) is 26.8 Å². The molecular weight excluding hydrogens is 382 g/mol. The van der Waals surface area contributed by atoms with Crippen LogP contribution in [0.5, 0.6) is 0 Å². The SMILES string of the molecule is Cc1cc(N=C2CC(C3CC3)NN2)nc(NCc2nc(-c3ccccc3)cs2)n1. The largest absolute Gasteiger partial charge is 0.348 e. The van der Waals surface area contributed by atoms with Crippen LogP contribution in [0.4, 0.5) is 11.8 Å². The number of rotatable bonds is 6. The molecule has 1 aliphatic carbocycles. The summed E-state index contributed by atoms with van der Waals surface area (Å²) in [7, 11) is 0. The molecule has 0 radical (unpaired) electrons. The van der Waals surface area contributed by atoms with Crippen molar-refractivity contribution in [3.05, 3.63) is 52.5 Å². The summed E-state index contributed by atoms with van der Waals surface area (Å²) in [6.45, 7) is 2.54. The van der Waals surface area contributed by atoms with Crippen LogP contribution in [0, 0.1) is 12.8 Å². The smallest absolute Gasteiger partial charge is 0.225 e. The molecule has 1 aliphatic heterocycles. The molecule has 0 spiro atoms. The lowest BCUT2D eigenvalue weighted by Crippen LogP contribution is -2.32. The van der Waals surface area contributed by atoms with E-state index in [2.05, 4.69) is 48.6 Å². The number of benzene rings is 1. The van der Waals surface area contributed by atoms with Gasteiger partial charge >= 0.3 is 0 Å². The van der Waals surface area contributed by atoms with Crippen molar-refractivity contribution in [3.63, 3.8) is 0 Å². The first-order valence-electron chi connectivity index (χ1n) is 9.91. The minimum absolute atomic E-state index is 0.498. The van der Waals surface area contributed by atoms with Crippen molar-refractivity contribution in [1.29, 1.82) is 0 Å². The lowest BCUT2D eigenvalue weighted by Gasteiger charge is -2.05. The third-order valence-corrected chi connectivity index (χ3v) is 5.96. The van der Waals surface area contributed by atoms with E-state index in [-0.39, 0.29) is 0 Å². The molecule has 29 heavy (non-hydrogen) atoms. The molecule has 3 heterocycles. The van der Waals surface area contributed by atoms with E-state index >= 15 is 0 Å². The van der Waals surface area contributed by atoms with E-state index in [4.69, 9.17) is 4.98 Å². The second-order valence-electron chi connectivity index (χ2n) is 7.51. The van der Waals surface area contributed by atoms with Gasteiger partial charge in [0.25, 0.3) is 0 Å². The second kappa shape index (κ2) is 7.88. The molecule has 1 saturated heterocycles. The average Bonchev–Trinajstić information content (AvgIpc) is 3.29. The van der Waals surface area contributed by atoms with Crippen molar-refractivity contribution in [2.45, 2.75) is 38.8 Å². The highest BCUT2D eigenvalue weighted by molar-refractivity contribution is 7.09. The van der Waals surface area contributed by atoms with Crippen molar-refractivity contribution in [1.82, 2.24) is 25.8 Å². The molecule has 0 amide bonds. The molecular formula is C21H23N7S. The number of nitrogens with one attached hydrogen (secondary N) is 3. The summed E-state index contributed by atoms with van der Waals surface area (Å²) < 4.78 is 0. The van der Waals surface area contributed by atoms with Gasteiger partial charge in [-0.1, -0.05) is 30.3 Å². The summed E-state index contributed by atoms with van der Waals surface area (Å²) in [6.07, 6.45) is 3.56. The van der Waals surface area contributed by atoms with Crippen molar-refractivity contribution < 1.29 is 0 Å². The zero-order chi connectivity index (χ0) is 19.6. The van der Waals surface area contributed by atoms with Crippen LogP contribution in [0.3, 0.4) is 0 Å². The quantitative estimate of drug-likeness (QED) is 0.578. The Morgan fingerprint density at radius 2 is 2.03 bits per heavy atom. The molecule has 2 aliphatic rings. The maximum absolute atomic E-state index is 4.71. The number of anilines is 1. The zero-order valence-electron chi connectivity index (χ0n) is 16.2. The van der Waals surface area contributed by atoms with Gasteiger partial charge in [0, 0.05) is 35.2 Å². The second-order valence-corrected chi connectivity index (χ2v) is 8.46. The summed E-state index contributed by atoms with van der Waals surface area (Å²) in [5.41, 5.74) is 9.54. The maximum atomic E-state index is 4.71. The molecule has 1 atom stereocenters. The summed E-state index contributed by atoms with van der Waals surface area (Å²) >= 11 is 1.63. The Hall–Kier alpha value is -2.84. The Morgan fingerprint density at radius 1 is 1.17 bits per heavy atom. The van der Waals surface area contributed by atoms with Gasteiger partial charge in [-0.05, 0) is 25.7 Å². The first-order chi connectivity index (χ1) is 14.2. The fraction of sp³-hybridized carbons (Fsp3) is 0.333. The highest BCUT2D eigenvalue weighted by Crippen LogP contribution is 2.35. The minimum atomic E-state index is 0.498. The number of aryl methyl sites for hydroxylation is 1. The fourth-order valence-electron chi connectivity index (χ4n) is 3.46. The molecule has 1 unspecified atom stereocenters. The number of thiazole rings is 1. The van der Waals surface area contributed by atoms with Crippen LogP contribution in [0.25, 0.3) is 11.3 Å². The van der Waals surface area contributed by atoms with Crippen molar-refractivity contribution in [2.24, 2.45) is 10.9 Å². The summed E-state index contributed by atoms with van der Waals surface area (Å²) in [6, 6.07) is 12.6. The number of nitrogens with zero attached hydrogens (tertiary/aromatic N) is 4. The van der Waals surface area contributed by atoms with E-state index in [0.717, 1.165) is 40.1 Å². The van der Waals surface area contributed by atoms with Crippen LogP contribution < -0.4 is 16.2 Å². The van der Waals surface area contributed by atoms with Gasteiger partial charge in [-0.2, -0.15) is 4.98 Å². The van der Waals surface area contributed by atoms with Gasteiger partial charge in [-0.3, -0.25) is 0 Å². The number of aromatic nitrogens is 3. The number of hydrazine groups is 1. The molecule has 3 N–H and O–H groups in total. The summed E-state index contributed by atoms with van der Waals surface area (Å²) in [4.78, 5) is 18.4. The van der Waals surface area contributed by atoms with E-state index in [9.17, 15) is 0 Å². The number of hydrogen-bond acceptors (Lipinski definition) is 7. The Kier molecular flexibility index (Phi) is 4.95. The Morgan fingerprint density at radius 3 is 2.86 bits per heavy atom. The van der Waals surface area contributed by atoms with Gasteiger partial charge in [0.15, 0.2) is 5.82 Å². The summed E-state index contributed by atoms with van der Waals surface area (Å²) in [5, 5.41) is 6.36. The molecule has 2 aromatic heterocycles. The van der Waals surface area contributed by atoms with Gasteiger partial charge in [0.1, 0.15) is 10.8 Å². The molecule has 5 rings (SSSR count). The first kappa shape index (κ1) is 18.2. The highest BCUT2D eigenvalue weighted by Gasteiger charge is 2.35. The molecule has 0 bridgehead atoms. The van der Waals surface area contributed by atoms with Gasteiger partial charge in [-0.25, -0.2) is 20.4 Å². The number of amidine groups is 1. The average molecular weight is 406 g/mol. The molecule has 1 saturated carbocycles. The van der Waals surface area contributed by atoms with Gasteiger partial charge in [0.05, 0.1) is 12.2 Å². The van der Waals surface area contributed by atoms with E-state index in [1.165, 1.54) is 12.8 Å². The summed E-state index contributed by atoms with van der Waals surface area (Å²) in [5.74, 6) is 2.98. The van der Waals surface area contributed by atoms with E-state index in [1.54, 1.807) is 11.3 Å². The van der Waals surface area contributed by atoms with Gasteiger partial charge in [0.2, 0.25) is 5.95 Å². The van der Waals surface area contributed by atoms with Crippen LogP contribution in [0.2, 0.25) is 0 Å². The molecule has 3 aromatic rings. The molecule has 148 valence electrons. The fourth-order valence-corrected chi connectivity index (χ4v) is 4.20. The van der Waals surface area contributed by atoms with Crippen LogP contribution in [0.1, 0.15) is 30.0 Å². The third kappa shape index (κ3) is 4.44. The predicted molar refractivity (Wildman–Crippen MR) is 116 cm³/mol. The Balaban J connectivity index is 1.25. The molecule has 2 fully saturated rings. The van der Waals surface area contributed by atoms with Gasteiger partial charge in [-0.15, -0.1) is 11.3 Å². The normalized spacial score (nSPS) is 20.0. The highest BCUT2D eigenvalue weighted by atomic mass is 32.1. The Labute approximate surface area is 173 Å². The molecule has 7 nitrogen and oxygen atoms in total. The first-order valence-corrected chi connectivity index (χ1v) is 10.8. The third-order valence-electron chi connectivity index (χ3n) is 5.12. The van der Waals surface area contributed by atoms with Crippen LogP contribution in [0.15, 0.2) is 46.8 Å². The van der Waals surface area contributed by atoms with E-state index < -0.39 is 0 Å². The van der Waals surface area contributed by atoms with Crippen molar-refractivity contribution in [2.75, 3.05) is 5.32 Å². The lowest BCUT2D eigenvalue weighted by molar-refractivity contribution is 0.504.